The van der Waals surface area contributed by atoms with Crippen molar-refractivity contribution in [3.8, 4) is 11.8 Å². The lowest BCUT2D eigenvalue weighted by atomic mass is 10.0. The minimum atomic E-state index is -0.233. The summed E-state index contributed by atoms with van der Waals surface area (Å²) in [6.45, 7) is 1.40. The van der Waals surface area contributed by atoms with Crippen molar-refractivity contribution >= 4 is 0 Å². The largest absolute Gasteiger partial charge is 0.392 e. The van der Waals surface area contributed by atoms with Crippen LogP contribution in [0.4, 0.5) is 4.39 Å². The van der Waals surface area contributed by atoms with Gasteiger partial charge in [0, 0.05) is 0 Å². The number of hydrogen-bond donors (Lipinski definition) is 2. The molecule has 0 heterocycles. The SMILES string of the molecule is Cc1cc(C/C(=C\C#CCO)CO)ccc1F. The molecule has 0 fully saturated rings. The van der Waals surface area contributed by atoms with Gasteiger partial charge in [0.15, 0.2) is 0 Å². The second-order valence-electron chi connectivity index (χ2n) is 3.70. The molecule has 1 aromatic carbocycles. The van der Waals surface area contributed by atoms with Crippen molar-refractivity contribution in [1.82, 2.24) is 0 Å². The highest BCUT2D eigenvalue weighted by atomic mass is 19.1. The highest BCUT2D eigenvalue weighted by Gasteiger charge is 2.01. The van der Waals surface area contributed by atoms with E-state index in [-0.39, 0.29) is 19.0 Å². The number of rotatable bonds is 3. The summed E-state index contributed by atoms with van der Waals surface area (Å²) in [4.78, 5) is 0. The Kier molecular flexibility index (Phi) is 5.41. The molecule has 90 valence electrons. The monoisotopic (exact) mass is 234 g/mol. The molecule has 0 radical (unpaired) electrons. The van der Waals surface area contributed by atoms with E-state index in [0.717, 1.165) is 11.1 Å². The van der Waals surface area contributed by atoms with E-state index in [9.17, 15) is 4.39 Å². The maximum Gasteiger partial charge on any atom is 0.126 e. The van der Waals surface area contributed by atoms with Crippen molar-refractivity contribution < 1.29 is 14.6 Å². The van der Waals surface area contributed by atoms with Gasteiger partial charge in [0.05, 0.1) is 6.61 Å². The summed E-state index contributed by atoms with van der Waals surface area (Å²) in [5.41, 5.74) is 2.24. The second-order valence-corrected chi connectivity index (χ2v) is 3.70. The van der Waals surface area contributed by atoms with Crippen LogP contribution >= 0.6 is 0 Å². The fraction of sp³-hybridized carbons (Fsp3) is 0.286. The standard InChI is InChI=1S/C14H15FO2/c1-11-8-12(5-6-14(11)15)9-13(10-17)4-2-3-7-16/h4-6,8,16-17H,7,9-10H2,1H3/b13-4+. The molecule has 0 aromatic heterocycles. The van der Waals surface area contributed by atoms with Gasteiger partial charge in [0.1, 0.15) is 12.4 Å². The molecular formula is C14H15FO2. The Bertz CT molecular complexity index is 467. The molecule has 1 rings (SSSR count). The first kappa shape index (κ1) is 13.4. The van der Waals surface area contributed by atoms with Gasteiger partial charge in [0.25, 0.3) is 0 Å². The molecule has 0 saturated carbocycles. The van der Waals surface area contributed by atoms with Crippen molar-refractivity contribution in [2.45, 2.75) is 13.3 Å². The third-order valence-electron chi connectivity index (χ3n) is 2.31. The quantitative estimate of drug-likeness (QED) is 0.780. The zero-order valence-electron chi connectivity index (χ0n) is 9.70. The van der Waals surface area contributed by atoms with Crippen LogP contribution in [0.1, 0.15) is 11.1 Å². The van der Waals surface area contributed by atoms with E-state index in [4.69, 9.17) is 10.2 Å². The number of aliphatic hydroxyl groups is 2. The molecular weight excluding hydrogens is 219 g/mol. The number of aliphatic hydroxyl groups excluding tert-OH is 2. The van der Waals surface area contributed by atoms with Gasteiger partial charge >= 0.3 is 0 Å². The Morgan fingerprint density at radius 3 is 2.76 bits per heavy atom. The van der Waals surface area contributed by atoms with Gasteiger partial charge in [-0.15, -0.1) is 0 Å². The predicted octanol–water partition coefficient (Wildman–Crippen LogP) is 1.59. The van der Waals surface area contributed by atoms with Crippen molar-refractivity contribution in [3.05, 3.63) is 46.8 Å². The van der Waals surface area contributed by atoms with E-state index < -0.39 is 0 Å². The molecule has 0 atom stereocenters. The fourth-order valence-corrected chi connectivity index (χ4v) is 1.43. The molecule has 0 spiro atoms. The van der Waals surface area contributed by atoms with Gasteiger partial charge in [-0.1, -0.05) is 24.0 Å². The van der Waals surface area contributed by atoms with E-state index in [1.165, 1.54) is 6.07 Å². The van der Waals surface area contributed by atoms with Gasteiger partial charge in [0.2, 0.25) is 0 Å². The molecule has 17 heavy (non-hydrogen) atoms. The van der Waals surface area contributed by atoms with E-state index in [2.05, 4.69) is 11.8 Å². The average Bonchev–Trinajstić information content (AvgIpc) is 2.32. The lowest BCUT2D eigenvalue weighted by Gasteiger charge is -2.05. The molecule has 2 N–H and O–H groups in total. The Morgan fingerprint density at radius 2 is 2.18 bits per heavy atom. The maximum atomic E-state index is 13.1. The zero-order valence-corrected chi connectivity index (χ0v) is 9.70. The normalized spacial score (nSPS) is 10.9. The highest BCUT2D eigenvalue weighted by Crippen LogP contribution is 2.12. The van der Waals surface area contributed by atoms with Crippen molar-refractivity contribution in [2.75, 3.05) is 13.2 Å². The molecule has 0 bridgehead atoms. The number of benzene rings is 1. The van der Waals surface area contributed by atoms with Crippen LogP contribution in [0.3, 0.4) is 0 Å². The first-order valence-electron chi connectivity index (χ1n) is 5.30. The topological polar surface area (TPSA) is 40.5 Å². The van der Waals surface area contributed by atoms with E-state index in [1.54, 1.807) is 25.1 Å². The van der Waals surface area contributed by atoms with Gasteiger partial charge in [-0.2, -0.15) is 0 Å². The molecule has 0 amide bonds. The van der Waals surface area contributed by atoms with Crippen LogP contribution in [0, 0.1) is 24.6 Å². The molecule has 3 heteroatoms. The van der Waals surface area contributed by atoms with E-state index >= 15 is 0 Å². The van der Waals surface area contributed by atoms with Crippen LogP contribution in [0.15, 0.2) is 29.8 Å². The molecule has 0 aliphatic rings. The summed E-state index contributed by atoms with van der Waals surface area (Å²) in [7, 11) is 0. The fourth-order valence-electron chi connectivity index (χ4n) is 1.43. The Balaban J connectivity index is 2.80. The summed E-state index contributed by atoms with van der Waals surface area (Å²) in [6.07, 6.45) is 2.10. The van der Waals surface area contributed by atoms with Gasteiger partial charge in [-0.25, -0.2) is 4.39 Å². The third kappa shape index (κ3) is 4.39. The summed E-state index contributed by atoms with van der Waals surface area (Å²) in [6, 6.07) is 4.85. The number of allylic oxidation sites excluding steroid dienone is 1. The summed E-state index contributed by atoms with van der Waals surface area (Å²) < 4.78 is 13.1. The summed E-state index contributed by atoms with van der Waals surface area (Å²) in [5.74, 6) is 4.88. The molecule has 0 aliphatic heterocycles. The third-order valence-corrected chi connectivity index (χ3v) is 2.31. The molecule has 0 saturated heterocycles. The highest BCUT2D eigenvalue weighted by molar-refractivity contribution is 5.30. The predicted molar refractivity (Wildman–Crippen MR) is 64.9 cm³/mol. The van der Waals surface area contributed by atoms with Gasteiger partial charge in [-0.3, -0.25) is 0 Å². The molecule has 0 aliphatic carbocycles. The van der Waals surface area contributed by atoms with Crippen LogP contribution in [0.2, 0.25) is 0 Å². The lowest BCUT2D eigenvalue weighted by molar-refractivity contribution is 0.328. The Morgan fingerprint density at radius 1 is 1.41 bits per heavy atom. The minimum Gasteiger partial charge on any atom is -0.392 e. The van der Waals surface area contributed by atoms with Crippen LogP contribution in [-0.2, 0) is 6.42 Å². The minimum absolute atomic E-state index is 0.101. The summed E-state index contributed by atoms with van der Waals surface area (Å²) >= 11 is 0. The van der Waals surface area contributed by atoms with Crippen LogP contribution in [0.25, 0.3) is 0 Å². The average molecular weight is 234 g/mol. The number of halogens is 1. The van der Waals surface area contributed by atoms with Crippen LogP contribution in [0.5, 0.6) is 0 Å². The number of hydrogen-bond acceptors (Lipinski definition) is 2. The first-order valence-corrected chi connectivity index (χ1v) is 5.30. The second kappa shape index (κ2) is 6.85. The van der Waals surface area contributed by atoms with Crippen LogP contribution < -0.4 is 0 Å². The lowest BCUT2D eigenvalue weighted by Crippen LogP contribution is -1.97. The maximum absolute atomic E-state index is 13.1. The van der Waals surface area contributed by atoms with E-state index in [1.807, 2.05) is 0 Å². The smallest absolute Gasteiger partial charge is 0.126 e. The zero-order chi connectivity index (χ0) is 12.7. The molecule has 1 aromatic rings. The Labute approximate surface area is 100 Å². The van der Waals surface area contributed by atoms with Gasteiger partial charge < -0.3 is 10.2 Å². The molecule has 0 unspecified atom stereocenters. The van der Waals surface area contributed by atoms with Crippen molar-refractivity contribution in [2.24, 2.45) is 0 Å². The summed E-state index contributed by atoms with van der Waals surface area (Å²) in [5, 5.41) is 17.6. The number of aryl methyl sites for hydroxylation is 1. The van der Waals surface area contributed by atoms with Crippen LogP contribution in [-0.4, -0.2) is 23.4 Å². The van der Waals surface area contributed by atoms with Gasteiger partial charge in [-0.05, 0) is 42.2 Å². The molecule has 2 nitrogen and oxygen atoms in total. The van der Waals surface area contributed by atoms with Crippen molar-refractivity contribution in [3.63, 3.8) is 0 Å². The Hall–Kier alpha value is -1.63. The first-order chi connectivity index (χ1) is 8.17. The van der Waals surface area contributed by atoms with Crippen molar-refractivity contribution in [1.29, 1.82) is 0 Å². The van der Waals surface area contributed by atoms with E-state index in [0.29, 0.717) is 12.0 Å².